The van der Waals surface area contributed by atoms with E-state index in [0.717, 1.165) is 19.4 Å². The van der Waals surface area contributed by atoms with Gasteiger partial charge in [-0.05, 0) is 37.0 Å². The highest BCUT2D eigenvalue weighted by molar-refractivity contribution is 5.95. The van der Waals surface area contributed by atoms with Crippen molar-refractivity contribution in [2.75, 3.05) is 26.8 Å². The third-order valence-electron chi connectivity index (χ3n) is 3.88. The lowest BCUT2D eigenvalue weighted by Gasteiger charge is -2.17. The summed E-state index contributed by atoms with van der Waals surface area (Å²) in [6.45, 7) is 6.29. The Bertz CT molecular complexity index is 517. The molecule has 122 valence electrons. The lowest BCUT2D eigenvalue weighted by molar-refractivity contribution is 0.0790. The number of carbonyl (C=O) groups is 1. The van der Waals surface area contributed by atoms with E-state index in [4.69, 9.17) is 15.2 Å². The van der Waals surface area contributed by atoms with E-state index in [1.165, 1.54) is 0 Å². The van der Waals surface area contributed by atoms with Gasteiger partial charge < -0.3 is 20.1 Å². The average molecular weight is 306 g/mol. The molecule has 1 amide bonds. The highest BCUT2D eigenvalue weighted by Gasteiger charge is 2.25. The fourth-order valence-electron chi connectivity index (χ4n) is 2.48. The fraction of sp³-hybridized carbons (Fsp3) is 0.588. The van der Waals surface area contributed by atoms with Gasteiger partial charge in [0.05, 0.1) is 13.7 Å². The first-order chi connectivity index (χ1) is 10.5. The Balaban J connectivity index is 2.06. The zero-order valence-corrected chi connectivity index (χ0v) is 13.7. The van der Waals surface area contributed by atoms with Gasteiger partial charge in [-0.1, -0.05) is 13.8 Å². The second kappa shape index (κ2) is 7.49. The maximum atomic E-state index is 12.4. The second-order valence-electron chi connectivity index (χ2n) is 6.20. The molecule has 1 heterocycles. The Hall–Kier alpha value is -1.75. The first-order valence-corrected chi connectivity index (χ1v) is 7.87. The molecule has 0 aromatic heterocycles. The van der Waals surface area contributed by atoms with E-state index in [2.05, 4.69) is 13.8 Å². The number of nitrogens with zero attached hydrogens (tertiary/aromatic N) is 1. The smallest absolute Gasteiger partial charge is 0.254 e. The molecule has 0 radical (unpaired) electrons. The van der Waals surface area contributed by atoms with Crippen molar-refractivity contribution in [2.45, 2.75) is 32.7 Å². The van der Waals surface area contributed by atoms with Crippen molar-refractivity contribution in [3.8, 4) is 11.5 Å². The van der Waals surface area contributed by atoms with E-state index in [9.17, 15) is 4.79 Å². The molecule has 0 spiro atoms. The number of nitrogens with two attached hydrogens (primary N) is 1. The second-order valence-corrected chi connectivity index (χ2v) is 6.20. The van der Waals surface area contributed by atoms with Gasteiger partial charge >= 0.3 is 0 Å². The van der Waals surface area contributed by atoms with Crippen LogP contribution in [-0.4, -0.2) is 43.7 Å². The molecule has 2 rings (SSSR count). The minimum Gasteiger partial charge on any atom is -0.493 e. The van der Waals surface area contributed by atoms with E-state index >= 15 is 0 Å². The molecule has 1 fully saturated rings. The van der Waals surface area contributed by atoms with E-state index in [1.54, 1.807) is 24.1 Å². The van der Waals surface area contributed by atoms with Crippen molar-refractivity contribution in [3.05, 3.63) is 23.8 Å². The van der Waals surface area contributed by atoms with Gasteiger partial charge in [-0.25, -0.2) is 0 Å². The Morgan fingerprint density at radius 1 is 1.41 bits per heavy atom. The predicted octanol–water partition coefficient (Wildman–Crippen LogP) is 2.29. The lowest BCUT2D eigenvalue weighted by atomic mass is 10.1. The van der Waals surface area contributed by atoms with Crippen molar-refractivity contribution in [2.24, 2.45) is 11.7 Å². The van der Waals surface area contributed by atoms with Crippen LogP contribution < -0.4 is 15.2 Å². The van der Waals surface area contributed by atoms with Gasteiger partial charge in [0, 0.05) is 24.7 Å². The Morgan fingerprint density at radius 2 is 2.18 bits per heavy atom. The van der Waals surface area contributed by atoms with E-state index in [0.29, 0.717) is 36.1 Å². The van der Waals surface area contributed by atoms with Gasteiger partial charge in [-0.15, -0.1) is 0 Å². The third-order valence-corrected chi connectivity index (χ3v) is 3.88. The highest BCUT2D eigenvalue weighted by atomic mass is 16.5. The number of hydrogen-bond donors (Lipinski definition) is 1. The Kier molecular flexibility index (Phi) is 5.66. The molecule has 0 saturated carbocycles. The van der Waals surface area contributed by atoms with Crippen LogP contribution in [0.15, 0.2) is 18.2 Å². The third kappa shape index (κ3) is 4.13. The quantitative estimate of drug-likeness (QED) is 0.876. The average Bonchev–Trinajstić information content (AvgIpc) is 2.93. The van der Waals surface area contributed by atoms with Crippen LogP contribution in [0.1, 0.15) is 37.0 Å². The number of ether oxygens (including phenoxy) is 2. The number of carbonyl (C=O) groups excluding carboxylic acids is 1. The van der Waals surface area contributed by atoms with Crippen LogP contribution in [0.25, 0.3) is 0 Å². The number of amides is 1. The van der Waals surface area contributed by atoms with Crippen molar-refractivity contribution < 1.29 is 14.3 Å². The molecule has 0 aliphatic carbocycles. The minimum absolute atomic E-state index is 0.0000181. The standard InChI is InChI=1S/C17H26N2O3/c1-12(2)7-9-22-15-5-4-13(10-16(15)21-3)17(20)19-8-6-14(18)11-19/h4-5,10,12,14H,6-9,11,18H2,1-3H3/t14-/m0/s1. The maximum absolute atomic E-state index is 12.4. The molecular formula is C17H26N2O3. The molecule has 0 bridgehead atoms. The zero-order chi connectivity index (χ0) is 16.1. The van der Waals surface area contributed by atoms with Gasteiger partial charge in [0.25, 0.3) is 5.91 Å². The van der Waals surface area contributed by atoms with Gasteiger partial charge in [0.1, 0.15) is 0 Å². The zero-order valence-electron chi connectivity index (χ0n) is 13.7. The van der Waals surface area contributed by atoms with Gasteiger partial charge in [0.2, 0.25) is 0 Å². The number of rotatable bonds is 6. The maximum Gasteiger partial charge on any atom is 0.254 e. The summed E-state index contributed by atoms with van der Waals surface area (Å²) in [5.41, 5.74) is 6.47. The summed E-state index contributed by atoms with van der Waals surface area (Å²) < 4.78 is 11.1. The summed E-state index contributed by atoms with van der Waals surface area (Å²) in [5, 5.41) is 0. The molecule has 1 saturated heterocycles. The van der Waals surface area contributed by atoms with Gasteiger partial charge in [-0.2, -0.15) is 0 Å². The molecule has 22 heavy (non-hydrogen) atoms. The summed E-state index contributed by atoms with van der Waals surface area (Å²) >= 11 is 0. The van der Waals surface area contributed by atoms with Crippen LogP contribution in [-0.2, 0) is 0 Å². The predicted molar refractivity (Wildman–Crippen MR) is 86.4 cm³/mol. The molecule has 1 aliphatic rings. The van der Waals surface area contributed by atoms with Crippen molar-refractivity contribution in [1.29, 1.82) is 0 Å². The van der Waals surface area contributed by atoms with Gasteiger partial charge in [0.15, 0.2) is 11.5 Å². The van der Waals surface area contributed by atoms with Crippen molar-refractivity contribution in [1.82, 2.24) is 4.90 Å². The van der Waals surface area contributed by atoms with Crippen LogP contribution in [0.4, 0.5) is 0 Å². The molecule has 1 atom stereocenters. The summed E-state index contributed by atoms with van der Waals surface area (Å²) in [6.07, 6.45) is 1.84. The first kappa shape index (κ1) is 16.6. The van der Waals surface area contributed by atoms with Crippen LogP contribution in [0.5, 0.6) is 11.5 Å². The molecular weight excluding hydrogens is 280 g/mol. The fourth-order valence-corrected chi connectivity index (χ4v) is 2.48. The molecule has 1 aromatic rings. The van der Waals surface area contributed by atoms with Crippen LogP contribution in [0.3, 0.4) is 0 Å². The monoisotopic (exact) mass is 306 g/mol. The summed E-state index contributed by atoms with van der Waals surface area (Å²) in [4.78, 5) is 14.2. The SMILES string of the molecule is COc1cc(C(=O)N2CC[C@H](N)C2)ccc1OCCC(C)C. The molecule has 5 heteroatoms. The molecule has 2 N–H and O–H groups in total. The van der Waals surface area contributed by atoms with Crippen molar-refractivity contribution >= 4 is 5.91 Å². The largest absolute Gasteiger partial charge is 0.493 e. The number of hydrogen-bond acceptors (Lipinski definition) is 4. The minimum atomic E-state index is -0.0000181. The topological polar surface area (TPSA) is 64.8 Å². The van der Waals surface area contributed by atoms with E-state index in [-0.39, 0.29) is 11.9 Å². The highest BCUT2D eigenvalue weighted by Crippen LogP contribution is 2.29. The number of methoxy groups -OCH3 is 1. The first-order valence-electron chi connectivity index (χ1n) is 7.87. The van der Waals surface area contributed by atoms with Crippen molar-refractivity contribution in [3.63, 3.8) is 0 Å². The number of benzene rings is 1. The normalized spacial score (nSPS) is 17.9. The van der Waals surface area contributed by atoms with Crippen LogP contribution in [0.2, 0.25) is 0 Å². The summed E-state index contributed by atoms with van der Waals surface area (Å²) in [6, 6.07) is 5.43. The molecule has 1 aromatic carbocycles. The van der Waals surface area contributed by atoms with E-state index in [1.807, 2.05) is 6.07 Å². The number of likely N-dealkylation sites (tertiary alicyclic amines) is 1. The Morgan fingerprint density at radius 3 is 2.77 bits per heavy atom. The lowest BCUT2D eigenvalue weighted by Crippen LogP contribution is -2.31. The van der Waals surface area contributed by atoms with E-state index < -0.39 is 0 Å². The molecule has 0 unspecified atom stereocenters. The molecule has 5 nitrogen and oxygen atoms in total. The summed E-state index contributed by atoms with van der Waals surface area (Å²) in [5.74, 6) is 1.86. The van der Waals surface area contributed by atoms with Crippen LogP contribution in [0, 0.1) is 5.92 Å². The van der Waals surface area contributed by atoms with Crippen LogP contribution >= 0.6 is 0 Å². The molecule has 1 aliphatic heterocycles. The summed E-state index contributed by atoms with van der Waals surface area (Å²) in [7, 11) is 1.59. The Labute approximate surface area is 132 Å². The van der Waals surface area contributed by atoms with Gasteiger partial charge in [-0.3, -0.25) is 4.79 Å².